The van der Waals surface area contributed by atoms with Gasteiger partial charge in [-0.1, -0.05) is 0 Å². The van der Waals surface area contributed by atoms with E-state index >= 15 is 0 Å². The van der Waals surface area contributed by atoms with Crippen LogP contribution in [0.4, 0.5) is 0 Å². The Morgan fingerprint density at radius 3 is 2.52 bits per heavy atom. The lowest BCUT2D eigenvalue weighted by atomic mass is 9.92. The standard InChI is InChI=1S/C14H23N3O4/c1-10(18)16-7-11(8-16)12(19)17-6-4-5-14(17,9-21-3)13(20)15-2/h11H,4-9H2,1-3H3,(H,15,20). The number of carbonyl (C=O) groups excluding carboxylic acids is 3. The number of carbonyl (C=O) groups is 3. The molecule has 0 aromatic carbocycles. The van der Waals surface area contributed by atoms with Crippen LogP contribution in [-0.2, 0) is 19.1 Å². The smallest absolute Gasteiger partial charge is 0.248 e. The van der Waals surface area contributed by atoms with Crippen LogP contribution < -0.4 is 5.32 Å². The van der Waals surface area contributed by atoms with Gasteiger partial charge in [0.2, 0.25) is 17.7 Å². The molecular weight excluding hydrogens is 274 g/mol. The summed E-state index contributed by atoms with van der Waals surface area (Å²) in [5, 5.41) is 2.64. The van der Waals surface area contributed by atoms with Crippen LogP contribution in [0.15, 0.2) is 0 Å². The molecule has 2 aliphatic rings. The van der Waals surface area contributed by atoms with E-state index in [-0.39, 0.29) is 30.2 Å². The highest BCUT2D eigenvalue weighted by Gasteiger charge is 2.52. The van der Waals surface area contributed by atoms with Gasteiger partial charge in [0.05, 0.1) is 12.5 Å². The van der Waals surface area contributed by atoms with Gasteiger partial charge in [-0.25, -0.2) is 0 Å². The molecule has 0 aromatic heterocycles. The quantitative estimate of drug-likeness (QED) is 0.738. The number of amides is 3. The van der Waals surface area contributed by atoms with Crippen LogP contribution in [0.25, 0.3) is 0 Å². The average Bonchev–Trinajstić information content (AvgIpc) is 2.80. The van der Waals surface area contributed by atoms with E-state index in [9.17, 15) is 14.4 Å². The summed E-state index contributed by atoms with van der Waals surface area (Å²) in [6.45, 7) is 3.15. The van der Waals surface area contributed by atoms with E-state index in [1.165, 1.54) is 14.0 Å². The predicted molar refractivity (Wildman–Crippen MR) is 75.4 cm³/mol. The first-order valence-corrected chi connectivity index (χ1v) is 7.24. The zero-order chi connectivity index (χ0) is 15.6. The van der Waals surface area contributed by atoms with Gasteiger partial charge in [0, 0.05) is 40.7 Å². The third-order valence-corrected chi connectivity index (χ3v) is 4.46. The van der Waals surface area contributed by atoms with Gasteiger partial charge in [-0.05, 0) is 12.8 Å². The van der Waals surface area contributed by atoms with Gasteiger partial charge < -0.3 is 19.9 Å². The SMILES string of the molecule is CNC(=O)C1(COC)CCCN1C(=O)C1CN(C(C)=O)C1. The van der Waals surface area contributed by atoms with Gasteiger partial charge in [0.1, 0.15) is 5.54 Å². The summed E-state index contributed by atoms with van der Waals surface area (Å²) >= 11 is 0. The summed E-state index contributed by atoms with van der Waals surface area (Å²) in [5.41, 5.74) is -0.906. The molecule has 21 heavy (non-hydrogen) atoms. The maximum absolute atomic E-state index is 12.7. The van der Waals surface area contributed by atoms with E-state index in [0.29, 0.717) is 26.1 Å². The molecule has 2 rings (SSSR count). The van der Waals surface area contributed by atoms with Crippen LogP contribution in [0.1, 0.15) is 19.8 Å². The second-order valence-electron chi connectivity index (χ2n) is 5.76. The predicted octanol–water partition coefficient (Wildman–Crippen LogP) is -0.782. The number of ether oxygens (including phenoxy) is 1. The van der Waals surface area contributed by atoms with Gasteiger partial charge in [-0.2, -0.15) is 0 Å². The molecule has 2 saturated heterocycles. The van der Waals surface area contributed by atoms with Crippen molar-refractivity contribution in [3.63, 3.8) is 0 Å². The molecular formula is C14H23N3O4. The Labute approximate surface area is 124 Å². The number of hydrogen-bond donors (Lipinski definition) is 1. The van der Waals surface area contributed by atoms with Crippen LogP contribution in [0.2, 0.25) is 0 Å². The highest BCUT2D eigenvalue weighted by molar-refractivity contribution is 5.93. The Morgan fingerprint density at radius 2 is 2.00 bits per heavy atom. The van der Waals surface area contributed by atoms with E-state index in [1.54, 1.807) is 16.8 Å². The fourth-order valence-corrected chi connectivity index (χ4v) is 3.24. The van der Waals surface area contributed by atoms with Crippen molar-refractivity contribution < 1.29 is 19.1 Å². The van der Waals surface area contributed by atoms with Crippen molar-refractivity contribution in [3.05, 3.63) is 0 Å². The molecule has 0 bridgehead atoms. The molecule has 2 fully saturated rings. The third kappa shape index (κ3) is 2.62. The minimum atomic E-state index is -0.906. The number of likely N-dealkylation sites (tertiary alicyclic amines) is 2. The normalized spacial score (nSPS) is 25.7. The Morgan fingerprint density at radius 1 is 1.33 bits per heavy atom. The van der Waals surface area contributed by atoms with Gasteiger partial charge in [-0.15, -0.1) is 0 Å². The van der Waals surface area contributed by atoms with E-state index in [2.05, 4.69) is 5.32 Å². The second-order valence-corrected chi connectivity index (χ2v) is 5.76. The summed E-state index contributed by atoms with van der Waals surface area (Å²) in [5.74, 6) is -0.452. The van der Waals surface area contributed by atoms with Crippen LogP contribution in [0.5, 0.6) is 0 Å². The highest BCUT2D eigenvalue weighted by Crippen LogP contribution is 2.33. The number of nitrogens with one attached hydrogen (secondary N) is 1. The molecule has 2 aliphatic heterocycles. The third-order valence-electron chi connectivity index (χ3n) is 4.46. The molecule has 1 atom stereocenters. The molecule has 7 heteroatoms. The minimum Gasteiger partial charge on any atom is -0.382 e. The number of likely N-dealkylation sites (N-methyl/N-ethyl adjacent to an activating group) is 1. The zero-order valence-corrected chi connectivity index (χ0v) is 12.8. The lowest BCUT2D eigenvalue weighted by molar-refractivity contribution is -0.157. The molecule has 0 spiro atoms. The molecule has 0 radical (unpaired) electrons. The summed E-state index contributed by atoms with van der Waals surface area (Å²) in [7, 11) is 3.11. The van der Waals surface area contributed by atoms with Gasteiger partial charge >= 0.3 is 0 Å². The lowest BCUT2D eigenvalue weighted by Crippen LogP contribution is -2.64. The first-order valence-electron chi connectivity index (χ1n) is 7.24. The summed E-state index contributed by atoms with van der Waals surface area (Å²) < 4.78 is 5.20. The fourth-order valence-electron chi connectivity index (χ4n) is 3.24. The molecule has 7 nitrogen and oxygen atoms in total. The monoisotopic (exact) mass is 297 g/mol. The Kier molecular flexibility index (Phi) is 4.51. The number of rotatable bonds is 4. The van der Waals surface area contributed by atoms with E-state index < -0.39 is 5.54 Å². The number of methoxy groups -OCH3 is 1. The highest BCUT2D eigenvalue weighted by atomic mass is 16.5. The minimum absolute atomic E-state index is 0.0186. The van der Waals surface area contributed by atoms with Crippen LogP contribution in [-0.4, -0.2) is 73.5 Å². The van der Waals surface area contributed by atoms with Crippen molar-refractivity contribution in [1.82, 2.24) is 15.1 Å². The van der Waals surface area contributed by atoms with Crippen molar-refractivity contribution in [2.75, 3.05) is 40.4 Å². The maximum Gasteiger partial charge on any atom is 0.248 e. The molecule has 118 valence electrons. The molecule has 0 saturated carbocycles. The zero-order valence-electron chi connectivity index (χ0n) is 12.8. The van der Waals surface area contributed by atoms with Crippen molar-refractivity contribution >= 4 is 17.7 Å². The molecule has 1 unspecified atom stereocenters. The fraction of sp³-hybridized carbons (Fsp3) is 0.786. The molecule has 1 N–H and O–H groups in total. The maximum atomic E-state index is 12.7. The number of nitrogens with zero attached hydrogens (tertiary/aromatic N) is 2. The first-order chi connectivity index (χ1) is 9.96. The molecule has 2 heterocycles. The Hall–Kier alpha value is -1.63. The number of hydrogen-bond acceptors (Lipinski definition) is 4. The van der Waals surface area contributed by atoms with Gasteiger partial charge in [-0.3, -0.25) is 14.4 Å². The lowest BCUT2D eigenvalue weighted by Gasteiger charge is -2.43. The van der Waals surface area contributed by atoms with Crippen LogP contribution in [0, 0.1) is 5.92 Å². The first kappa shape index (κ1) is 15.8. The summed E-state index contributed by atoms with van der Waals surface area (Å²) in [6.07, 6.45) is 1.39. The van der Waals surface area contributed by atoms with Crippen molar-refractivity contribution in [3.8, 4) is 0 Å². The second kappa shape index (κ2) is 6.01. The largest absolute Gasteiger partial charge is 0.382 e. The Balaban J connectivity index is 2.11. The van der Waals surface area contributed by atoms with Crippen molar-refractivity contribution in [1.29, 1.82) is 0 Å². The topological polar surface area (TPSA) is 79.0 Å². The van der Waals surface area contributed by atoms with E-state index in [0.717, 1.165) is 6.42 Å². The van der Waals surface area contributed by atoms with Crippen molar-refractivity contribution in [2.24, 2.45) is 5.92 Å². The summed E-state index contributed by atoms with van der Waals surface area (Å²) in [6, 6.07) is 0. The molecule has 0 aromatic rings. The van der Waals surface area contributed by atoms with E-state index in [4.69, 9.17) is 4.74 Å². The average molecular weight is 297 g/mol. The van der Waals surface area contributed by atoms with E-state index in [1.807, 2.05) is 0 Å². The van der Waals surface area contributed by atoms with Gasteiger partial charge in [0.25, 0.3) is 0 Å². The van der Waals surface area contributed by atoms with Crippen LogP contribution >= 0.6 is 0 Å². The molecule has 3 amide bonds. The summed E-state index contributed by atoms with van der Waals surface area (Å²) in [4.78, 5) is 39.5. The van der Waals surface area contributed by atoms with Gasteiger partial charge in [0.15, 0.2) is 0 Å². The van der Waals surface area contributed by atoms with Crippen LogP contribution in [0.3, 0.4) is 0 Å². The van der Waals surface area contributed by atoms with Crippen molar-refractivity contribution in [2.45, 2.75) is 25.3 Å². The molecule has 0 aliphatic carbocycles. The Bertz CT molecular complexity index is 448.